The van der Waals surface area contributed by atoms with E-state index in [9.17, 15) is 13.2 Å². The van der Waals surface area contributed by atoms with E-state index in [4.69, 9.17) is 0 Å². The van der Waals surface area contributed by atoms with Crippen molar-refractivity contribution in [3.05, 3.63) is 24.5 Å². The number of carbonyl (C=O) groups excluding carboxylic acids is 1. The first-order valence-electron chi connectivity index (χ1n) is 8.34. The lowest BCUT2D eigenvalue weighted by molar-refractivity contribution is -0.137. The normalized spacial score (nSPS) is 23.3. The number of piperazine rings is 1. The van der Waals surface area contributed by atoms with Crippen molar-refractivity contribution in [2.45, 2.75) is 12.8 Å². The van der Waals surface area contributed by atoms with Gasteiger partial charge in [-0.3, -0.25) is 9.78 Å². The maximum absolute atomic E-state index is 12.7. The molecule has 2 aliphatic rings. The summed E-state index contributed by atoms with van der Waals surface area (Å²) in [5.74, 6) is -0.112. The summed E-state index contributed by atoms with van der Waals surface area (Å²) in [7, 11) is -3.22. The molecule has 0 saturated carbocycles. The molecular weight excluding hydrogens is 328 g/mol. The fourth-order valence-corrected chi connectivity index (χ4v) is 4.35. The van der Waals surface area contributed by atoms with Crippen molar-refractivity contribution in [2.75, 3.05) is 50.4 Å². The molecule has 1 atom stereocenters. The number of hydrogen-bond donors (Lipinski definition) is 0. The molecule has 2 saturated heterocycles. The lowest BCUT2D eigenvalue weighted by Crippen LogP contribution is -2.53. The van der Waals surface area contributed by atoms with Crippen molar-refractivity contribution < 1.29 is 13.2 Å². The van der Waals surface area contributed by atoms with Gasteiger partial charge in [-0.1, -0.05) is 0 Å². The molecular formula is C16H24N4O3S. The molecule has 3 heterocycles. The number of piperidine rings is 1. The van der Waals surface area contributed by atoms with Gasteiger partial charge >= 0.3 is 0 Å². The Labute approximate surface area is 143 Å². The summed E-state index contributed by atoms with van der Waals surface area (Å²) in [4.78, 5) is 20.9. The third-order valence-corrected chi connectivity index (χ3v) is 6.09. The van der Waals surface area contributed by atoms with Crippen LogP contribution in [-0.4, -0.2) is 74.0 Å². The van der Waals surface area contributed by atoms with Crippen molar-refractivity contribution in [3.8, 4) is 0 Å². The average Bonchev–Trinajstić information content (AvgIpc) is 2.61. The number of nitrogens with zero attached hydrogens (tertiary/aromatic N) is 4. The minimum absolute atomic E-state index is 0.0951. The molecule has 0 radical (unpaired) electrons. The zero-order chi connectivity index (χ0) is 17.2. The van der Waals surface area contributed by atoms with E-state index in [1.807, 2.05) is 17.0 Å². The fourth-order valence-electron chi connectivity index (χ4n) is 3.44. The van der Waals surface area contributed by atoms with Crippen LogP contribution in [-0.2, 0) is 14.8 Å². The molecule has 8 heteroatoms. The molecule has 0 aliphatic carbocycles. The summed E-state index contributed by atoms with van der Waals surface area (Å²) in [6.07, 6.45) is 6.28. The molecule has 132 valence electrons. The molecule has 1 aromatic heterocycles. The van der Waals surface area contributed by atoms with Crippen LogP contribution >= 0.6 is 0 Å². The highest BCUT2D eigenvalue weighted by Crippen LogP contribution is 2.22. The molecule has 24 heavy (non-hydrogen) atoms. The lowest BCUT2D eigenvalue weighted by atomic mass is 9.97. The van der Waals surface area contributed by atoms with E-state index in [1.165, 1.54) is 10.6 Å². The molecule has 0 bridgehead atoms. The number of hydrogen-bond acceptors (Lipinski definition) is 5. The number of amides is 1. The predicted octanol–water partition coefficient (Wildman–Crippen LogP) is 0.402. The molecule has 1 aromatic rings. The van der Waals surface area contributed by atoms with Crippen LogP contribution in [0.3, 0.4) is 0 Å². The SMILES string of the molecule is CS(=O)(=O)N1CCCC(C(=O)N2CCN(c3ccncc3)CC2)C1. The van der Waals surface area contributed by atoms with Crippen LogP contribution in [0.2, 0.25) is 0 Å². The summed E-state index contributed by atoms with van der Waals surface area (Å²) in [5.41, 5.74) is 1.12. The summed E-state index contributed by atoms with van der Waals surface area (Å²) in [6.45, 7) is 3.78. The molecule has 1 unspecified atom stereocenters. The Balaban J connectivity index is 1.57. The van der Waals surface area contributed by atoms with Gasteiger partial charge in [0.05, 0.1) is 12.2 Å². The highest BCUT2D eigenvalue weighted by atomic mass is 32.2. The molecule has 0 N–H and O–H groups in total. The molecule has 1 amide bonds. The van der Waals surface area contributed by atoms with E-state index in [0.717, 1.165) is 31.6 Å². The van der Waals surface area contributed by atoms with Gasteiger partial charge in [0.2, 0.25) is 15.9 Å². The Bertz CT molecular complexity index is 672. The zero-order valence-corrected chi connectivity index (χ0v) is 14.8. The first-order valence-corrected chi connectivity index (χ1v) is 10.2. The second kappa shape index (κ2) is 7.06. The molecule has 0 spiro atoms. The van der Waals surface area contributed by atoms with Gasteiger partial charge < -0.3 is 9.80 Å². The average molecular weight is 352 g/mol. The number of anilines is 1. The van der Waals surface area contributed by atoms with Gasteiger partial charge in [-0.2, -0.15) is 0 Å². The Kier molecular flexibility index (Phi) is 5.05. The molecule has 3 rings (SSSR count). The molecule has 0 aromatic carbocycles. The van der Waals surface area contributed by atoms with Gasteiger partial charge in [0.1, 0.15) is 0 Å². The van der Waals surface area contributed by atoms with Crippen LogP contribution in [0.25, 0.3) is 0 Å². The largest absolute Gasteiger partial charge is 0.368 e. The van der Waals surface area contributed by atoms with Crippen molar-refractivity contribution in [3.63, 3.8) is 0 Å². The first-order chi connectivity index (χ1) is 11.4. The minimum atomic E-state index is -3.22. The minimum Gasteiger partial charge on any atom is -0.368 e. The summed E-state index contributed by atoms with van der Waals surface area (Å²) in [6, 6.07) is 3.95. The van der Waals surface area contributed by atoms with E-state index in [-0.39, 0.29) is 11.8 Å². The topological polar surface area (TPSA) is 73.8 Å². The summed E-state index contributed by atoms with van der Waals surface area (Å²) < 4.78 is 24.9. The van der Waals surface area contributed by atoms with Crippen LogP contribution < -0.4 is 4.90 Å². The second-order valence-electron chi connectivity index (χ2n) is 6.48. The molecule has 2 fully saturated rings. The van der Waals surface area contributed by atoms with Gasteiger partial charge in [-0.05, 0) is 25.0 Å². The van der Waals surface area contributed by atoms with Crippen molar-refractivity contribution in [1.82, 2.24) is 14.2 Å². The first kappa shape index (κ1) is 17.2. The quantitative estimate of drug-likeness (QED) is 0.787. The maximum Gasteiger partial charge on any atom is 0.227 e. The highest BCUT2D eigenvalue weighted by molar-refractivity contribution is 7.88. The summed E-state index contributed by atoms with van der Waals surface area (Å²) >= 11 is 0. The van der Waals surface area contributed by atoms with E-state index >= 15 is 0 Å². The van der Waals surface area contributed by atoms with Gasteiger partial charge in [0, 0.05) is 57.3 Å². The fraction of sp³-hybridized carbons (Fsp3) is 0.625. The number of rotatable bonds is 3. The number of pyridine rings is 1. The smallest absolute Gasteiger partial charge is 0.227 e. The molecule has 7 nitrogen and oxygen atoms in total. The Morgan fingerprint density at radius 1 is 1.12 bits per heavy atom. The lowest BCUT2D eigenvalue weighted by Gasteiger charge is -2.39. The van der Waals surface area contributed by atoms with Crippen molar-refractivity contribution in [1.29, 1.82) is 0 Å². The van der Waals surface area contributed by atoms with E-state index in [1.54, 1.807) is 12.4 Å². The van der Waals surface area contributed by atoms with E-state index < -0.39 is 10.0 Å². The number of aromatic nitrogens is 1. The van der Waals surface area contributed by atoms with Gasteiger partial charge in [0.15, 0.2) is 0 Å². The maximum atomic E-state index is 12.7. The Morgan fingerprint density at radius 2 is 1.79 bits per heavy atom. The Hall–Kier alpha value is -1.67. The van der Waals surface area contributed by atoms with Crippen LogP contribution in [0.15, 0.2) is 24.5 Å². The van der Waals surface area contributed by atoms with Crippen LogP contribution in [0, 0.1) is 5.92 Å². The van der Waals surface area contributed by atoms with Gasteiger partial charge in [-0.15, -0.1) is 0 Å². The monoisotopic (exact) mass is 352 g/mol. The molecule has 2 aliphatic heterocycles. The second-order valence-corrected chi connectivity index (χ2v) is 8.46. The zero-order valence-electron chi connectivity index (χ0n) is 14.0. The van der Waals surface area contributed by atoms with E-state index in [2.05, 4.69) is 9.88 Å². The summed E-state index contributed by atoms with van der Waals surface area (Å²) in [5, 5.41) is 0. The predicted molar refractivity (Wildman–Crippen MR) is 92.2 cm³/mol. The number of carbonyl (C=O) groups is 1. The van der Waals surface area contributed by atoms with Crippen LogP contribution in [0.1, 0.15) is 12.8 Å². The third-order valence-electron chi connectivity index (χ3n) is 4.82. The highest BCUT2D eigenvalue weighted by Gasteiger charge is 2.33. The Morgan fingerprint density at radius 3 is 2.42 bits per heavy atom. The third kappa shape index (κ3) is 3.87. The van der Waals surface area contributed by atoms with Gasteiger partial charge in [0.25, 0.3) is 0 Å². The standard InChI is InChI=1S/C16H24N4O3S/c1-24(22,23)20-8-2-3-14(13-20)16(21)19-11-9-18(10-12-19)15-4-6-17-7-5-15/h4-7,14H,2-3,8-13H2,1H3. The van der Waals surface area contributed by atoms with Gasteiger partial charge in [-0.25, -0.2) is 12.7 Å². The van der Waals surface area contributed by atoms with Crippen LogP contribution in [0.4, 0.5) is 5.69 Å². The van der Waals surface area contributed by atoms with E-state index in [0.29, 0.717) is 26.2 Å². The number of sulfonamides is 1. The van der Waals surface area contributed by atoms with Crippen LogP contribution in [0.5, 0.6) is 0 Å². The van der Waals surface area contributed by atoms with Crippen molar-refractivity contribution in [2.24, 2.45) is 5.92 Å². The van der Waals surface area contributed by atoms with Crippen molar-refractivity contribution >= 4 is 21.6 Å².